The molecule has 0 spiro atoms. The summed E-state index contributed by atoms with van der Waals surface area (Å²) >= 11 is 0. The second-order valence-electron chi connectivity index (χ2n) is 9.44. The first-order valence-corrected chi connectivity index (χ1v) is 12.0. The number of piperidine rings is 1. The number of hydrogen-bond donors (Lipinski definition) is 1. The topological polar surface area (TPSA) is 74.2 Å². The Morgan fingerprint density at radius 1 is 1.12 bits per heavy atom. The predicted octanol–water partition coefficient (Wildman–Crippen LogP) is 3.45. The summed E-state index contributed by atoms with van der Waals surface area (Å²) in [6.45, 7) is 4.76. The summed E-state index contributed by atoms with van der Waals surface area (Å²) in [4.78, 5) is 30.4. The minimum Gasteiger partial charge on any atom is -0.367 e. The van der Waals surface area contributed by atoms with Crippen LogP contribution in [0, 0.1) is 12.8 Å². The molecule has 1 aliphatic carbocycles. The van der Waals surface area contributed by atoms with Gasteiger partial charge in [-0.1, -0.05) is 18.9 Å². The molecule has 2 aromatic heterocycles. The predicted molar refractivity (Wildman–Crippen MR) is 126 cm³/mol. The molecule has 7 heteroatoms. The van der Waals surface area contributed by atoms with E-state index in [0.717, 1.165) is 55.4 Å². The van der Waals surface area contributed by atoms with E-state index in [1.807, 2.05) is 42.0 Å². The number of amides is 1. The zero-order chi connectivity index (χ0) is 22.3. The summed E-state index contributed by atoms with van der Waals surface area (Å²) in [6.07, 6.45) is 9.92. The van der Waals surface area contributed by atoms with Gasteiger partial charge in [-0.25, -0.2) is 9.97 Å². The number of nitrogens with zero attached hydrogens (tertiary/aromatic N) is 5. The Bertz CT molecular complexity index is 875. The van der Waals surface area contributed by atoms with Crippen molar-refractivity contribution in [2.75, 3.05) is 32.0 Å². The third kappa shape index (κ3) is 6.48. The van der Waals surface area contributed by atoms with E-state index >= 15 is 0 Å². The molecule has 32 heavy (non-hydrogen) atoms. The van der Waals surface area contributed by atoms with Gasteiger partial charge in [-0.15, -0.1) is 0 Å². The van der Waals surface area contributed by atoms with Gasteiger partial charge in [0.15, 0.2) is 0 Å². The molecular formula is C25H36N6O. The van der Waals surface area contributed by atoms with E-state index in [4.69, 9.17) is 4.98 Å². The van der Waals surface area contributed by atoms with E-state index in [2.05, 4.69) is 21.4 Å². The van der Waals surface area contributed by atoms with Crippen molar-refractivity contribution < 1.29 is 4.79 Å². The maximum atomic E-state index is 12.8. The van der Waals surface area contributed by atoms with Crippen molar-refractivity contribution >= 4 is 11.7 Å². The number of pyridine rings is 1. The van der Waals surface area contributed by atoms with Crippen molar-refractivity contribution in [1.29, 1.82) is 0 Å². The third-order valence-electron chi connectivity index (χ3n) is 6.63. The molecule has 3 heterocycles. The molecule has 1 saturated carbocycles. The van der Waals surface area contributed by atoms with Crippen LogP contribution in [0.4, 0.5) is 5.82 Å². The molecule has 2 aromatic rings. The highest BCUT2D eigenvalue weighted by Gasteiger charge is 2.24. The molecule has 4 rings (SSSR count). The number of carbonyl (C=O) groups excluding carboxylic acids is 1. The van der Waals surface area contributed by atoms with Crippen LogP contribution in [0.1, 0.15) is 55.7 Å². The first-order valence-electron chi connectivity index (χ1n) is 12.0. The van der Waals surface area contributed by atoms with Crippen molar-refractivity contribution in [3.63, 3.8) is 0 Å². The molecule has 0 bridgehead atoms. The minimum atomic E-state index is 0.211. The molecule has 0 unspecified atom stereocenters. The summed E-state index contributed by atoms with van der Waals surface area (Å²) < 4.78 is 0. The maximum absolute atomic E-state index is 12.8. The Morgan fingerprint density at radius 3 is 2.62 bits per heavy atom. The molecule has 0 atom stereocenters. The van der Waals surface area contributed by atoms with Crippen LogP contribution in [0.3, 0.4) is 0 Å². The van der Waals surface area contributed by atoms with Gasteiger partial charge in [-0.2, -0.15) is 0 Å². The molecule has 1 aliphatic heterocycles. The van der Waals surface area contributed by atoms with E-state index in [1.165, 1.54) is 25.7 Å². The van der Waals surface area contributed by atoms with Crippen LogP contribution in [0.15, 0.2) is 30.5 Å². The first kappa shape index (κ1) is 22.6. The van der Waals surface area contributed by atoms with Crippen molar-refractivity contribution in [3.05, 3.63) is 47.7 Å². The van der Waals surface area contributed by atoms with Gasteiger partial charge >= 0.3 is 0 Å². The Labute approximate surface area is 191 Å². The van der Waals surface area contributed by atoms with Gasteiger partial charge in [0.05, 0.1) is 12.2 Å². The number of carbonyl (C=O) groups is 1. The van der Waals surface area contributed by atoms with E-state index < -0.39 is 0 Å². The fraction of sp³-hybridized carbons (Fsp3) is 0.600. The smallest absolute Gasteiger partial charge is 0.236 e. The van der Waals surface area contributed by atoms with Gasteiger partial charge in [-0.3, -0.25) is 14.7 Å². The summed E-state index contributed by atoms with van der Waals surface area (Å²) in [5.41, 5.74) is 2.11. The van der Waals surface area contributed by atoms with Crippen molar-refractivity contribution in [2.45, 2.75) is 64.5 Å². The van der Waals surface area contributed by atoms with Crippen molar-refractivity contribution in [1.82, 2.24) is 24.8 Å². The van der Waals surface area contributed by atoms with Crippen molar-refractivity contribution in [2.24, 2.45) is 5.92 Å². The van der Waals surface area contributed by atoms with Crippen molar-refractivity contribution in [3.8, 4) is 0 Å². The van der Waals surface area contributed by atoms with Gasteiger partial charge in [0.1, 0.15) is 11.6 Å². The molecule has 1 saturated heterocycles. The Balaban J connectivity index is 1.24. The second-order valence-corrected chi connectivity index (χ2v) is 9.44. The van der Waals surface area contributed by atoms with E-state index in [1.54, 1.807) is 6.20 Å². The molecule has 2 aliphatic rings. The third-order valence-corrected chi connectivity index (χ3v) is 6.63. The maximum Gasteiger partial charge on any atom is 0.236 e. The van der Waals surface area contributed by atoms with Gasteiger partial charge < -0.3 is 10.2 Å². The summed E-state index contributed by atoms with van der Waals surface area (Å²) in [5.74, 6) is 2.59. The fourth-order valence-corrected chi connectivity index (χ4v) is 4.92. The molecular weight excluding hydrogens is 400 g/mol. The van der Waals surface area contributed by atoms with Crippen LogP contribution < -0.4 is 5.32 Å². The number of anilines is 1. The summed E-state index contributed by atoms with van der Waals surface area (Å²) in [5, 5.41) is 3.60. The monoisotopic (exact) mass is 436 g/mol. The zero-order valence-electron chi connectivity index (χ0n) is 19.5. The van der Waals surface area contributed by atoms with Crippen LogP contribution in [-0.2, 0) is 17.8 Å². The molecule has 2 fully saturated rings. The molecule has 172 valence electrons. The number of likely N-dealkylation sites (tertiary alicyclic amines) is 1. The number of aromatic nitrogens is 3. The van der Waals surface area contributed by atoms with Gasteiger partial charge in [0, 0.05) is 43.6 Å². The number of nitrogens with one attached hydrogen (secondary N) is 1. The molecule has 1 N–H and O–H groups in total. The second kappa shape index (κ2) is 10.9. The number of hydrogen-bond acceptors (Lipinski definition) is 6. The largest absolute Gasteiger partial charge is 0.367 e. The molecule has 0 aromatic carbocycles. The number of aryl methyl sites for hydroxylation is 1. The SMILES string of the molecule is Cc1nc(CC2CCN(C(=O)CN(C)Cc3ccccn3)CC2)cc(NC2CCCC2)n1. The van der Waals surface area contributed by atoms with Gasteiger partial charge in [0.2, 0.25) is 5.91 Å². The first-order chi connectivity index (χ1) is 15.5. The Kier molecular flexibility index (Phi) is 7.68. The highest BCUT2D eigenvalue weighted by atomic mass is 16.2. The summed E-state index contributed by atoms with van der Waals surface area (Å²) in [7, 11) is 1.98. The molecule has 0 radical (unpaired) electrons. The lowest BCUT2D eigenvalue weighted by molar-refractivity contribution is -0.133. The lowest BCUT2D eigenvalue weighted by Gasteiger charge is -2.33. The van der Waals surface area contributed by atoms with E-state index in [-0.39, 0.29) is 5.91 Å². The minimum absolute atomic E-state index is 0.211. The number of likely N-dealkylation sites (N-methyl/N-ethyl adjacent to an activating group) is 1. The highest BCUT2D eigenvalue weighted by molar-refractivity contribution is 5.78. The zero-order valence-corrected chi connectivity index (χ0v) is 19.5. The number of rotatable bonds is 8. The van der Waals surface area contributed by atoms with E-state index in [9.17, 15) is 4.79 Å². The lowest BCUT2D eigenvalue weighted by Crippen LogP contribution is -2.43. The Morgan fingerprint density at radius 2 is 1.91 bits per heavy atom. The lowest BCUT2D eigenvalue weighted by atomic mass is 9.92. The molecule has 7 nitrogen and oxygen atoms in total. The van der Waals surface area contributed by atoms with Crippen LogP contribution in [0.5, 0.6) is 0 Å². The normalized spacial score (nSPS) is 17.8. The van der Waals surface area contributed by atoms with E-state index in [0.29, 0.717) is 25.0 Å². The van der Waals surface area contributed by atoms with Crippen LogP contribution in [0.25, 0.3) is 0 Å². The average molecular weight is 437 g/mol. The highest BCUT2D eigenvalue weighted by Crippen LogP contribution is 2.24. The Hall–Kier alpha value is -2.54. The van der Waals surface area contributed by atoms with Crippen LogP contribution in [-0.4, -0.2) is 63.4 Å². The fourth-order valence-electron chi connectivity index (χ4n) is 4.92. The van der Waals surface area contributed by atoms with Gasteiger partial charge in [-0.05, 0) is 64.1 Å². The summed E-state index contributed by atoms with van der Waals surface area (Å²) in [6, 6.07) is 8.58. The average Bonchev–Trinajstić information content (AvgIpc) is 3.27. The molecule has 1 amide bonds. The quantitative estimate of drug-likeness (QED) is 0.683. The van der Waals surface area contributed by atoms with Crippen LogP contribution in [0.2, 0.25) is 0 Å². The van der Waals surface area contributed by atoms with Gasteiger partial charge in [0.25, 0.3) is 0 Å². The van der Waals surface area contributed by atoms with Crippen LogP contribution >= 0.6 is 0 Å². The standard InChI is InChI=1S/C25H36N6O/c1-19-27-23(16-24(28-19)29-21-7-3-4-8-21)15-20-10-13-31(14-11-20)25(32)18-30(2)17-22-9-5-6-12-26-22/h5-6,9,12,16,20-21H,3-4,7-8,10-11,13-15,17-18H2,1-2H3,(H,27,28,29).